The Morgan fingerprint density at radius 3 is 2.71 bits per heavy atom. The lowest BCUT2D eigenvalue weighted by Gasteiger charge is -2.11. The average molecular weight is 231 g/mol. The number of nitrogens with zero attached hydrogens (tertiary/aromatic N) is 1. The number of nitriles is 1. The molecule has 0 radical (unpaired) electrons. The van der Waals surface area contributed by atoms with Crippen molar-refractivity contribution < 1.29 is 0 Å². The maximum Gasteiger partial charge on any atom is 0.0641 e. The lowest BCUT2D eigenvalue weighted by atomic mass is 10.0. The molecule has 1 atom stereocenters. The van der Waals surface area contributed by atoms with Gasteiger partial charge in [-0.05, 0) is 30.2 Å². The summed E-state index contributed by atoms with van der Waals surface area (Å²) in [7, 11) is 0. The molecule has 0 bridgehead atoms. The van der Waals surface area contributed by atoms with Gasteiger partial charge in [-0.2, -0.15) is 5.26 Å². The van der Waals surface area contributed by atoms with Gasteiger partial charge in [0.05, 0.1) is 12.5 Å². The fourth-order valence-electron chi connectivity index (χ4n) is 1.26. The monoisotopic (exact) mass is 230 g/mol. The van der Waals surface area contributed by atoms with E-state index >= 15 is 0 Å². The van der Waals surface area contributed by atoms with Crippen molar-refractivity contribution in [3.63, 3.8) is 0 Å². The minimum Gasteiger partial charge on any atom is -0.323 e. The molecular formula is C10H12Cl2N2. The van der Waals surface area contributed by atoms with Gasteiger partial charge in [-0.1, -0.05) is 17.7 Å². The molecule has 1 aromatic rings. The Labute approximate surface area is 95.1 Å². The summed E-state index contributed by atoms with van der Waals surface area (Å²) in [5.41, 5.74) is 7.82. The first-order valence-corrected chi connectivity index (χ1v) is 4.41. The molecule has 1 aromatic carbocycles. The summed E-state index contributed by atoms with van der Waals surface area (Å²) in [6, 6.07) is 7.37. The van der Waals surface area contributed by atoms with E-state index in [-0.39, 0.29) is 18.4 Å². The maximum absolute atomic E-state index is 8.49. The molecule has 4 heteroatoms. The van der Waals surface area contributed by atoms with Crippen molar-refractivity contribution in [2.75, 3.05) is 0 Å². The quantitative estimate of drug-likeness (QED) is 0.850. The van der Waals surface area contributed by atoms with Gasteiger partial charge in [-0.3, -0.25) is 0 Å². The third-order valence-corrected chi connectivity index (χ3v) is 2.18. The van der Waals surface area contributed by atoms with E-state index in [1.54, 1.807) is 6.07 Å². The molecule has 14 heavy (non-hydrogen) atoms. The molecule has 76 valence electrons. The van der Waals surface area contributed by atoms with Gasteiger partial charge >= 0.3 is 0 Å². The van der Waals surface area contributed by atoms with Crippen LogP contribution in [0.1, 0.15) is 23.6 Å². The summed E-state index contributed by atoms with van der Waals surface area (Å²) in [6.45, 7) is 1.94. The van der Waals surface area contributed by atoms with Crippen LogP contribution in [0.4, 0.5) is 0 Å². The first-order valence-electron chi connectivity index (χ1n) is 4.03. The van der Waals surface area contributed by atoms with Gasteiger partial charge in [0.25, 0.3) is 0 Å². The zero-order valence-corrected chi connectivity index (χ0v) is 9.40. The van der Waals surface area contributed by atoms with Gasteiger partial charge in [0.1, 0.15) is 0 Å². The molecule has 0 saturated carbocycles. The summed E-state index contributed by atoms with van der Waals surface area (Å²) in [5.74, 6) is 0. The van der Waals surface area contributed by atoms with Gasteiger partial charge in [-0.25, -0.2) is 0 Å². The summed E-state index contributed by atoms with van der Waals surface area (Å²) >= 11 is 5.79. The molecule has 0 aliphatic heterocycles. The number of halogens is 2. The Morgan fingerprint density at radius 1 is 1.57 bits per heavy atom. The first-order chi connectivity index (χ1) is 6.15. The Morgan fingerprint density at radius 2 is 2.21 bits per heavy atom. The molecule has 0 aliphatic rings. The largest absolute Gasteiger partial charge is 0.323 e. The molecule has 0 aromatic heterocycles. The van der Waals surface area contributed by atoms with Crippen molar-refractivity contribution in [1.29, 1.82) is 5.26 Å². The fraction of sp³-hybridized carbons (Fsp3) is 0.300. The van der Waals surface area contributed by atoms with Crippen LogP contribution < -0.4 is 5.73 Å². The second-order valence-electron chi connectivity index (χ2n) is 2.97. The van der Waals surface area contributed by atoms with Gasteiger partial charge in [-0.15, -0.1) is 12.4 Å². The number of benzene rings is 1. The van der Waals surface area contributed by atoms with Crippen LogP contribution in [0.3, 0.4) is 0 Å². The number of rotatable bonds is 2. The Bertz CT molecular complexity index is 344. The Balaban J connectivity index is 0.00000169. The Kier molecular flexibility index (Phi) is 5.56. The molecule has 0 unspecified atom stereocenters. The molecule has 0 heterocycles. The molecule has 1 rings (SSSR count). The van der Waals surface area contributed by atoms with Gasteiger partial charge < -0.3 is 5.73 Å². The highest BCUT2D eigenvalue weighted by atomic mass is 35.5. The van der Waals surface area contributed by atoms with Gasteiger partial charge in [0, 0.05) is 11.1 Å². The number of aryl methyl sites for hydroxylation is 1. The molecule has 0 saturated heterocycles. The predicted octanol–water partition coefficient (Wildman–Crippen LogP) is 2.98. The summed E-state index contributed by atoms with van der Waals surface area (Å²) in [4.78, 5) is 0. The van der Waals surface area contributed by atoms with E-state index in [2.05, 4.69) is 0 Å². The first kappa shape index (κ1) is 13.2. The van der Waals surface area contributed by atoms with Crippen molar-refractivity contribution in [3.05, 3.63) is 34.3 Å². The van der Waals surface area contributed by atoms with E-state index in [9.17, 15) is 0 Å². The van der Waals surface area contributed by atoms with Gasteiger partial charge in [0.15, 0.2) is 0 Å². The summed E-state index contributed by atoms with van der Waals surface area (Å²) in [6.07, 6.45) is 0.336. The Hall–Kier alpha value is -0.750. The summed E-state index contributed by atoms with van der Waals surface area (Å²) < 4.78 is 0. The number of nitrogens with two attached hydrogens (primary N) is 1. The normalized spacial score (nSPS) is 11.3. The second-order valence-corrected chi connectivity index (χ2v) is 3.41. The number of hydrogen-bond acceptors (Lipinski definition) is 2. The third kappa shape index (κ3) is 3.19. The van der Waals surface area contributed by atoms with Crippen LogP contribution in [-0.2, 0) is 0 Å². The van der Waals surface area contributed by atoms with Crippen LogP contribution in [0.15, 0.2) is 18.2 Å². The minimum atomic E-state index is -0.206. The van der Waals surface area contributed by atoms with E-state index in [1.165, 1.54) is 0 Å². The van der Waals surface area contributed by atoms with E-state index in [0.29, 0.717) is 11.4 Å². The molecule has 0 aliphatic carbocycles. The van der Waals surface area contributed by atoms with Crippen LogP contribution in [-0.4, -0.2) is 0 Å². The van der Waals surface area contributed by atoms with E-state index in [4.69, 9.17) is 22.6 Å². The molecule has 0 fully saturated rings. The van der Waals surface area contributed by atoms with Crippen LogP contribution in [0.25, 0.3) is 0 Å². The highest BCUT2D eigenvalue weighted by Crippen LogP contribution is 2.21. The maximum atomic E-state index is 8.49. The molecular weight excluding hydrogens is 219 g/mol. The second kappa shape index (κ2) is 5.87. The summed E-state index contributed by atoms with van der Waals surface area (Å²) in [5, 5.41) is 9.19. The van der Waals surface area contributed by atoms with E-state index in [1.807, 2.05) is 25.1 Å². The average Bonchev–Trinajstić information content (AvgIpc) is 2.04. The van der Waals surface area contributed by atoms with Crippen molar-refractivity contribution in [3.8, 4) is 6.07 Å². The topological polar surface area (TPSA) is 49.8 Å². The zero-order valence-electron chi connectivity index (χ0n) is 7.83. The van der Waals surface area contributed by atoms with E-state index in [0.717, 1.165) is 11.1 Å². The highest BCUT2D eigenvalue weighted by molar-refractivity contribution is 6.30. The molecule has 0 spiro atoms. The van der Waals surface area contributed by atoms with Crippen molar-refractivity contribution in [2.45, 2.75) is 19.4 Å². The van der Waals surface area contributed by atoms with Crippen molar-refractivity contribution >= 4 is 24.0 Å². The van der Waals surface area contributed by atoms with E-state index < -0.39 is 0 Å². The third-order valence-electron chi connectivity index (χ3n) is 1.94. The number of hydrogen-bond donors (Lipinski definition) is 1. The minimum absolute atomic E-state index is 0. The molecule has 2 N–H and O–H groups in total. The lowest BCUT2D eigenvalue weighted by molar-refractivity contribution is 0.742. The molecule has 0 amide bonds. The SMILES string of the molecule is Cc1cc(Cl)ccc1[C@@H](N)CC#N.Cl. The zero-order chi connectivity index (χ0) is 9.84. The van der Waals surface area contributed by atoms with Gasteiger partial charge in [0.2, 0.25) is 0 Å². The molecule has 2 nitrogen and oxygen atoms in total. The smallest absolute Gasteiger partial charge is 0.0641 e. The van der Waals surface area contributed by atoms with Crippen LogP contribution in [0.2, 0.25) is 5.02 Å². The van der Waals surface area contributed by atoms with Crippen molar-refractivity contribution in [2.24, 2.45) is 5.73 Å². The van der Waals surface area contributed by atoms with Crippen LogP contribution >= 0.6 is 24.0 Å². The van der Waals surface area contributed by atoms with Crippen LogP contribution in [0, 0.1) is 18.3 Å². The predicted molar refractivity (Wildman–Crippen MR) is 60.6 cm³/mol. The fourth-order valence-corrected chi connectivity index (χ4v) is 1.49. The standard InChI is InChI=1S/C10H11ClN2.ClH/c1-7-6-8(11)2-3-9(7)10(13)4-5-12;/h2-3,6,10H,4,13H2,1H3;1H/t10-;/m0./s1. The van der Waals surface area contributed by atoms with Crippen LogP contribution in [0.5, 0.6) is 0 Å². The van der Waals surface area contributed by atoms with Crippen molar-refractivity contribution in [1.82, 2.24) is 0 Å². The highest BCUT2D eigenvalue weighted by Gasteiger charge is 2.07. The lowest BCUT2D eigenvalue weighted by Crippen LogP contribution is -2.10.